The summed E-state index contributed by atoms with van der Waals surface area (Å²) in [6, 6.07) is 27.5. The smallest absolute Gasteiger partial charge is 0.427 e. The van der Waals surface area contributed by atoms with Gasteiger partial charge in [0.25, 0.3) is 21.1 Å². The molecule has 40 heteroatoms. The van der Waals surface area contributed by atoms with Crippen LogP contribution in [-0.4, -0.2) is 139 Å². The summed E-state index contributed by atoms with van der Waals surface area (Å²) in [4.78, 5) is 20.0. The van der Waals surface area contributed by atoms with Gasteiger partial charge in [0.15, 0.2) is 0 Å². The Kier molecular flexibility index (Phi) is 150. The van der Waals surface area contributed by atoms with E-state index in [0.717, 1.165) is 29.6 Å². The molecule has 2 unspecified atom stereocenters. The van der Waals surface area contributed by atoms with Crippen molar-refractivity contribution in [1.82, 2.24) is 24.9 Å². The van der Waals surface area contributed by atoms with Crippen LogP contribution >= 0.6 is 0 Å². The van der Waals surface area contributed by atoms with Crippen molar-refractivity contribution in [3.63, 3.8) is 0 Å². The van der Waals surface area contributed by atoms with Gasteiger partial charge >= 0.3 is 59.1 Å². The van der Waals surface area contributed by atoms with Gasteiger partial charge in [-0.2, -0.15) is 0 Å². The van der Waals surface area contributed by atoms with Crippen molar-refractivity contribution in [1.29, 1.82) is 0 Å². The van der Waals surface area contributed by atoms with E-state index in [2.05, 4.69) is 59.5 Å². The van der Waals surface area contributed by atoms with Crippen molar-refractivity contribution in [2.45, 2.75) is 172 Å². The minimum Gasteiger partial charge on any atom is -0.427 e. The summed E-state index contributed by atoms with van der Waals surface area (Å²) in [6.07, 6.45) is 8.09. The Morgan fingerprint density at radius 1 is 0.361 bits per heavy atom. The minimum atomic E-state index is -5.94. The molecule has 5 aromatic rings. The van der Waals surface area contributed by atoms with Crippen LogP contribution in [0.15, 0.2) is 122 Å². The summed E-state index contributed by atoms with van der Waals surface area (Å²) in [7, 11) is 0. The molecular weight excluding hydrogens is 2430 g/mol. The summed E-state index contributed by atoms with van der Waals surface area (Å²) in [5.41, 5.74) is -0.572. The van der Waals surface area contributed by atoms with Gasteiger partial charge in [0, 0.05) is 132 Å². The molecule has 2 atom stereocenters. The van der Waals surface area contributed by atoms with Crippen LogP contribution in [0, 0.1) is 37.0 Å². The normalized spacial score (nSPS) is 14.0. The number of aliphatic hydroxyl groups is 7. The number of aromatic nitrogens is 5. The molecule has 0 amide bonds. The number of halogens is 2. The Bertz CT molecular complexity index is 1860. The summed E-state index contributed by atoms with van der Waals surface area (Å²) >= 11 is -9.95. The first-order chi connectivity index (χ1) is 34.4. The standard InChI is InChI=1S/C10H20.5C8H11NO.C5H12O2.CH4.CH3.IO4.IO3.5Ir.2Na.12H2O/c1-6-7(2)9(4)10(5)8(6)3;5*1-8(2,10)7-5-3-4-6-9-7;1-4(6)3-5(2)7;;;2-1(3,4)5;2-1(3)4;;;;;;;;;;;;;;;;;;;/h6-10H,1-5H3;5*3-6,10H,1-2H3;4-7H,3H2,1-2H3;1H4;1H3;;;;;;;;;;12*1H2/q;;;;;;;;3*-1;;;;;;2*+1;;;;;;;;;;;;. The Morgan fingerprint density at radius 3 is 0.505 bits per heavy atom. The quantitative estimate of drug-likeness (QED) is 0.0452. The van der Waals surface area contributed by atoms with E-state index in [9.17, 15) is 25.5 Å². The van der Waals surface area contributed by atoms with Crippen LogP contribution < -0.4 is 124 Å². The molecule has 97 heavy (non-hydrogen) atoms. The predicted molar refractivity (Wildman–Crippen MR) is 328 cm³/mol. The third-order valence-electron chi connectivity index (χ3n) is 11.3. The molecule has 0 aromatic carbocycles. The topological polar surface area (TPSA) is 745 Å². The van der Waals surface area contributed by atoms with E-state index in [1.807, 2.05) is 60.7 Å². The monoisotopic (exact) mass is 2550 g/mol. The molecule has 31 nitrogen and oxygen atoms in total. The van der Waals surface area contributed by atoms with Gasteiger partial charge in [-0.15, -0.1) is 0 Å². The van der Waals surface area contributed by atoms with Crippen LogP contribution in [0.25, 0.3) is 0 Å². The van der Waals surface area contributed by atoms with E-state index in [1.165, 1.54) is 0 Å². The van der Waals surface area contributed by atoms with Crippen molar-refractivity contribution >= 4 is 0 Å². The predicted octanol–water partition coefficient (Wildman–Crippen LogP) is -19.3. The van der Waals surface area contributed by atoms with E-state index in [1.54, 1.807) is 144 Å². The molecule has 6 rings (SSSR count). The number of pyridine rings is 5. The van der Waals surface area contributed by atoms with Crippen LogP contribution in [0.3, 0.4) is 0 Å². The molecule has 0 aliphatic heterocycles. The van der Waals surface area contributed by atoms with Crippen LogP contribution in [0.1, 0.15) is 160 Å². The first kappa shape index (κ1) is 169. The average molecular weight is 2550 g/mol. The Labute approximate surface area is 702 Å². The fourth-order valence-corrected chi connectivity index (χ4v) is 6.51. The molecule has 1 aliphatic carbocycles. The van der Waals surface area contributed by atoms with Gasteiger partial charge in [-0.05, 0) is 180 Å². The first-order valence-corrected chi connectivity index (χ1v) is 30.5. The van der Waals surface area contributed by atoms with Crippen LogP contribution in [0.2, 0.25) is 0 Å². The van der Waals surface area contributed by atoms with Crippen molar-refractivity contribution in [3.8, 4) is 0 Å². The van der Waals surface area contributed by atoms with Crippen LogP contribution in [-0.2, 0) is 129 Å². The van der Waals surface area contributed by atoms with Crippen LogP contribution in [0.4, 0.5) is 0 Å². The fraction of sp³-hybridized carbons (Fsp3) is 0.544. The number of rotatable bonds is 7. The summed E-state index contributed by atoms with van der Waals surface area (Å²) in [5.74, 6) is 4.68. The van der Waals surface area contributed by atoms with Gasteiger partial charge < -0.3 is 119 Å². The average Bonchev–Trinajstić information content (AvgIpc) is 3.46. The third-order valence-corrected chi connectivity index (χ3v) is 11.3. The molecule has 0 bridgehead atoms. The summed E-state index contributed by atoms with van der Waals surface area (Å²) in [5, 5.41) is 64.3. The summed E-state index contributed by atoms with van der Waals surface area (Å²) in [6.45, 7) is 32.5. The zero-order valence-corrected chi connectivity index (χ0v) is 78.2. The Hall–Kier alpha value is 1.42. The number of hydrogen-bond donors (Lipinski definition) is 7. The maximum Gasteiger partial charge on any atom is 1.00 e. The van der Waals surface area contributed by atoms with Crippen molar-refractivity contribution in [3.05, 3.63) is 158 Å². The Balaban J connectivity index is -0.0000000276. The van der Waals surface area contributed by atoms with Crippen molar-refractivity contribution < 1.29 is 326 Å². The van der Waals surface area contributed by atoms with Gasteiger partial charge in [-0.3, -0.25) is 38.7 Å². The van der Waals surface area contributed by atoms with Gasteiger partial charge in [0.1, 0.15) is 48.1 Å². The molecule has 0 spiro atoms. The molecule has 31 N–H and O–H groups in total. The molecule has 1 fully saturated rings. The van der Waals surface area contributed by atoms with Crippen LogP contribution in [0.5, 0.6) is 0 Å². The molecule has 0 saturated heterocycles. The van der Waals surface area contributed by atoms with Crippen molar-refractivity contribution in [2.75, 3.05) is 0 Å². The minimum absolute atomic E-state index is 0. The molecule has 5 heterocycles. The van der Waals surface area contributed by atoms with E-state index in [0.29, 0.717) is 34.9 Å². The molecule has 1 saturated carbocycles. The van der Waals surface area contributed by atoms with Gasteiger partial charge in [0.2, 0.25) is 0 Å². The van der Waals surface area contributed by atoms with Crippen molar-refractivity contribution in [2.24, 2.45) is 29.6 Å². The second-order valence-electron chi connectivity index (χ2n) is 20.7. The first-order valence-electron chi connectivity index (χ1n) is 24.3. The third kappa shape index (κ3) is 97.4. The number of nitrogens with zero attached hydrogens (tertiary/aromatic N) is 5. The van der Waals surface area contributed by atoms with Gasteiger partial charge in [0.05, 0.1) is 40.7 Å². The number of aliphatic hydroxyl groups excluding tert-OH is 2. The molecule has 5 radical (unpaired) electrons. The largest absolute Gasteiger partial charge is 1.00 e. The molecule has 1 aliphatic rings. The molecule has 5 aromatic heterocycles. The van der Waals surface area contributed by atoms with Gasteiger partial charge in [-0.1, -0.05) is 72.4 Å². The summed E-state index contributed by atoms with van der Waals surface area (Å²) < 4.78 is 60.2. The van der Waals surface area contributed by atoms with E-state index < -0.39 is 69.2 Å². The van der Waals surface area contributed by atoms with E-state index in [-0.39, 0.29) is 252 Å². The maximum atomic E-state index is 9.43. The number of hydrogen-bond acceptors (Lipinski definition) is 19. The molecular formula is C57H118I2Ir5N5Na2O26-. The maximum absolute atomic E-state index is 9.43. The zero-order chi connectivity index (χ0) is 59.9. The van der Waals surface area contributed by atoms with Gasteiger partial charge in [-0.25, -0.2) is 0 Å². The van der Waals surface area contributed by atoms with E-state index >= 15 is 0 Å². The zero-order valence-electron chi connectivity index (χ0n) is 57.9. The fourth-order valence-electron chi connectivity index (χ4n) is 6.51. The second-order valence-corrected chi connectivity index (χ2v) is 23.9. The Morgan fingerprint density at radius 2 is 0.464 bits per heavy atom. The van der Waals surface area contributed by atoms with E-state index in [4.69, 9.17) is 34.3 Å². The SMILES string of the molecule is C.CC(C)(O)c1ccccn1.CC(C)(O)c1ccccn1.CC(C)(O)c1ccccn1.CC(C)(O)c1ccccn1.CC(C)(O)c1ccccn1.CC(O)CC(C)O.CC1C(C)C(C)C(C)C1C.O.O.O.O.O.O.O.O.O.O.O.O.[CH3-].[Ir].[Ir].[Ir].[Ir].[Ir].[Na+].[Na+].[O-][I+2]([O-])[O-].[O-][I+3]([O-])([O-])[O-]. The second kappa shape index (κ2) is 86.3. The molecule has 589 valence electrons.